The molecule has 0 aliphatic rings. The fourth-order valence-corrected chi connectivity index (χ4v) is 1.97. The second kappa shape index (κ2) is 7.78. The van der Waals surface area contributed by atoms with Gasteiger partial charge in [0, 0.05) is 24.4 Å². The SMILES string of the molecule is O=C(CNc1cccc([N+](=O)[O-])c1)NCCc1ccccc1. The second-order valence-electron chi connectivity index (χ2n) is 4.75. The van der Waals surface area contributed by atoms with Crippen molar-refractivity contribution < 1.29 is 9.72 Å². The quantitative estimate of drug-likeness (QED) is 0.607. The Hall–Kier alpha value is -2.89. The first-order chi connectivity index (χ1) is 10.6. The minimum Gasteiger partial charge on any atom is -0.376 e. The predicted molar refractivity (Wildman–Crippen MR) is 84.7 cm³/mol. The van der Waals surface area contributed by atoms with E-state index < -0.39 is 4.92 Å². The molecule has 6 nitrogen and oxygen atoms in total. The van der Waals surface area contributed by atoms with Crippen LogP contribution >= 0.6 is 0 Å². The third-order valence-corrected chi connectivity index (χ3v) is 3.09. The molecule has 2 aromatic rings. The van der Waals surface area contributed by atoms with Crippen molar-refractivity contribution in [2.45, 2.75) is 6.42 Å². The van der Waals surface area contributed by atoms with Crippen LogP contribution in [0.25, 0.3) is 0 Å². The molecule has 0 unspecified atom stereocenters. The number of nitro benzene ring substituents is 1. The van der Waals surface area contributed by atoms with Gasteiger partial charge in [0.25, 0.3) is 5.69 Å². The van der Waals surface area contributed by atoms with Crippen molar-refractivity contribution in [3.05, 3.63) is 70.3 Å². The van der Waals surface area contributed by atoms with Gasteiger partial charge in [0.15, 0.2) is 0 Å². The number of rotatable bonds is 7. The molecule has 0 saturated heterocycles. The molecule has 0 fully saturated rings. The standard InChI is InChI=1S/C16H17N3O3/c20-16(17-10-9-13-5-2-1-3-6-13)12-18-14-7-4-8-15(11-14)19(21)22/h1-8,11,18H,9-10,12H2,(H,17,20). The Labute approximate surface area is 128 Å². The van der Waals surface area contributed by atoms with Gasteiger partial charge in [-0.1, -0.05) is 36.4 Å². The summed E-state index contributed by atoms with van der Waals surface area (Å²) in [7, 11) is 0. The minimum atomic E-state index is -0.467. The largest absolute Gasteiger partial charge is 0.376 e. The molecule has 0 bridgehead atoms. The third kappa shape index (κ3) is 4.90. The van der Waals surface area contributed by atoms with Crippen LogP contribution in [0.1, 0.15) is 5.56 Å². The van der Waals surface area contributed by atoms with Gasteiger partial charge in [-0.15, -0.1) is 0 Å². The highest BCUT2D eigenvalue weighted by molar-refractivity contribution is 5.80. The normalized spacial score (nSPS) is 10.0. The topological polar surface area (TPSA) is 84.3 Å². The van der Waals surface area contributed by atoms with Gasteiger partial charge in [-0.2, -0.15) is 0 Å². The van der Waals surface area contributed by atoms with E-state index in [0.29, 0.717) is 12.2 Å². The van der Waals surface area contributed by atoms with Crippen LogP contribution in [-0.2, 0) is 11.2 Å². The van der Waals surface area contributed by atoms with E-state index in [1.54, 1.807) is 12.1 Å². The molecule has 0 atom stereocenters. The Morgan fingerprint density at radius 2 is 1.86 bits per heavy atom. The van der Waals surface area contributed by atoms with Crippen LogP contribution in [-0.4, -0.2) is 23.9 Å². The first kappa shape index (κ1) is 15.5. The fourth-order valence-electron chi connectivity index (χ4n) is 1.97. The molecule has 0 aromatic heterocycles. The minimum absolute atomic E-state index is 0.00511. The lowest BCUT2D eigenvalue weighted by molar-refractivity contribution is -0.384. The number of carbonyl (C=O) groups is 1. The zero-order valence-corrected chi connectivity index (χ0v) is 12.0. The molecule has 0 saturated carbocycles. The molecule has 2 aromatic carbocycles. The number of hydrogen-bond acceptors (Lipinski definition) is 4. The van der Waals surface area contributed by atoms with Crippen molar-refractivity contribution in [3.8, 4) is 0 Å². The number of non-ortho nitro benzene ring substituents is 1. The summed E-state index contributed by atoms with van der Waals surface area (Å²) in [4.78, 5) is 21.9. The van der Waals surface area contributed by atoms with Gasteiger partial charge in [-0.05, 0) is 18.1 Å². The maximum Gasteiger partial charge on any atom is 0.271 e. The molecule has 0 aliphatic carbocycles. The molecule has 114 valence electrons. The zero-order chi connectivity index (χ0) is 15.8. The molecule has 2 rings (SSSR count). The van der Waals surface area contributed by atoms with Crippen LogP contribution in [0.3, 0.4) is 0 Å². The van der Waals surface area contributed by atoms with Crippen molar-refractivity contribution in [2.24, 2.45) is 0 Å². The number of carbonyl (C=O) groups excluding carboxylic acids is 1. The average Bonchev–Trinajstić information content (AvgIpc) is 2.54. The zero-order valence-electron chi connectivity index (χ0n) is 12.0. The molecule has 0 heterocycles. The number of nitro groups is 1. The summed E-state index contributed by atoms with van der Waals surface area (Å²) in [5.41, 5.74) is 1.70. The molecule has 1 amide bonds. The fraction of sp³-hybridized carbons (Fsp3) is 0.188. The molecule has 0 aliphatic heterocycles. The van der Waals surface area contributed by atoms with E-state index in [1.807, 2.05) is 30.3 Å². The molecular weight excluding hydrogens is 282 g/mol. The maximum atomic E-state index is 11.7. The summed E-state index contributed by atoms with van der Waals surface area (Å²) >= 11 is 0. The number of anilines is 1. The van der Waals surface area contributed by atoms with Gasteiger partial charge in [-0.25, -0.2) is 0 Å². The highest BCUT2D eigenvalue weighted by Gasteiger charge is 2.06. The van der Waals surface area contributed by atoms with E-state index in [2.05, 4.69) is 10.6 Å². The number of hydrogen-bond donors (Lipinski definition) is 2. The van der Waals surface area contributed by atoms with Gasteiger partial charge in [0.05, 0.1) is 11.5 Å². The smallest absolute Gasteiger partial charge is 0.271 e. The summed E-state index contributed by atoms with van der Waals surface area (Å²) in [6, 6.07) is 16.0. The van der Waals surface area contributed by atoms with Gasteiger partial charge < -0.3 is 10.6 Å². The summed E-state index contributed by atoms with van der Waals surface area (Å²) in [6.07, 6.45) is 0.767. The van der Waals surface area contributed by atoms with Crippen LogP contribution in [0.15, 0.2) is 54.6 Å². The van der Waals surface area contributed by atoms with Crippen molar-refractivity contribution in [1.82, 2.24) is 5.32 Å². The van der Waals surface area contributed by atoms with Gasteiger partial charge >= 0.3 is 0 Å². The first-order valence-corrected chi connectivity index (χ1v) is 6.94. The van der Waals surface area contributed by atoms with Crippen LogP contribution in [0.4, 0.5) is 11.4 Å². The van der Waals surface area contributed by atoms with E-state index in [9.17, 15) is 14.9 Å². The number of nitrogens with one attached hydrogen (secondary N) is 2. The van der Waals surface area contributed by atoms with Crippen molar-refractivity contribution in [2.75, 3.05) is 18.4 Å². The van der Waals surface area contributed by atoms with Crippen LogP contribution in [0, 0.1) is 10.1 Å². The first-order valence-electron chi connectivity index (χ1n) is 6.94. The summed E-state index contributed by atoms with van der Waals surface area (Å²) in [6.45, 7) is 0.634. The highest BCUT2D eigenvalue weighted by Crippen LogP contribution is 2.16. The monoisotopic (exact) mass is 299 g/mol. The number of nitrogens with zero attached hydrogens (tertiary/aromatic N) is 1. The van der Waals surface area contributed by atoms with Gasteiger partial charge in [0.2, 0.25) is 5.91 Å². The van der Waals surface area contributed by atoms with Crippen LogP contribution < -0.4 is 10.6 Å². The number of amides is 1. The van der Waals surface area contributed by atoms with E-state index in [1.165, 1.54) is 12.1 Å². The highest BCUT2D eigenvalue weighted by atomic mass is 16.6. The maximum absolute atomic E-state index is 11.7. The summed E-state index contributed by atoms with van der Waals surface area (Å²) in [5.74, 6) is -0.151. The summed E-state index contributed by atoms with van der Waals surface area (Å²) < 4.78 is 0. The number of benzene rings is 2. The Kier molecular flexibility index (Phi) is 5.48. The van der Waals surface area contributed by atoms with Crippen molar-refractivity contribution >= 4 is 17.3 Å². The Bertz CT molecular complexity index is 644. The summed E-state index contributed by atoms with van der Waals surface area (Å²) in [5, 5.41) is 16.3. The molecular formula is C16H17N3O3. The van der Waals surface area contributed by atoms with Crippen LogP contribution in [0.5, 0.6) is 0 Å². The third-order valence-electron chi connectivity index (χ3n) is 3.09. The molecule has 2 N–H and O–H groups in total. The molecule has 22 heavy (non-hydrogen) atoms. The van der Waals surface area contributed by atoms with Crippen molar-refractivity contribution in [3.63, 3.8) is 0 Å². The molecule has 6 heteroatoms. The lowest BCUT2D eigenvalue weighted by atomic mass is 10.1. The molecule has 0 radical (unpaired) electrons. The van der Waals surface area contributed by atoms with E-state index in [0.717, 1.165) is 12.0 Å². The van der Waals surface area contributed by atoms with E-state index in [4.69, 9.17) is 0 Å². The van der Waals surface area contributed by atoms with E-state index >= 15 is 0 Å². The van der Waals surface area contributed by atoms with Crippen LogP contribution in [0.2, 0.25) is 0 Å². The molecule has 0 spiro atoms. The van der Waals surface area contributed by atoms with Crippen molar-refractivity contribution in [1.29, 1.82) is 0 Å². The van der Waals surface area contributed by atoms with Gasteiger partial charge in [0.1, 0.15) is 0 Å². The second-order valence-corrected chi connectivity index (χ2v) is 4.75. The Morgan fingerprint density at radius 3 is 2.59 bits per heavy atom. The Morgan fingerprint density at radius 1 is 1.09 bits per heavy atom. The Balaban J connectivity index is 1.73. The lowest BCUT2D eigenvalue weighted by Crippen LogP contribution is -2.31. The van der Waals surface area contributed by atoms with Gasteiger partial charge in [-0.3, -0.25) is 14.9 Å². The predicted octanol–water partition coefficient (Wildman–Crippen LogP) is 2.37. The average molecular weight is 299 g/mol. The van der Waals surface area contributed by atoms with E-state index in [-0.39, 0.29) is 18.1 Å². The lowest BCUT2D eigenvalue weighted by Gasteiger charge is -2.08.